The number of hydroxylamine groups is 1. The molecule has 35 heavy (non-hydrogen) atoms. The Morgan fingerprint density at radius 3 is 1.94 bits per heavy atom. The fourth-order valence-corrected chi connectivity index (χ4v) is 2.50. The van der Waals surface area contributed by atoms with Gasteiger partial charge in [0.05, 0.1) is 5.69 Å². The molecule has 1 atom stereocenters. The molecule has 0 saturated heterocycles. The highest BCUT2D eigenvalue weighted by atomic mass is 16.7. The van der Waals surface area contributed by atoms with E-state index in [-0.39, 0.29) is 24.3 Å². The predicted octanol–water partition coefficient (Wildman–Crippen LogP) is 4.24. The first kappa shape index (κ1) is 29.0. The monoisotopic (exact) mass is 486 g/mol. The van der Waals surface area contributed by atoms with E-state index in [2.05, 4.69) is 16.0 Å². The fourth-order valence-electron chi connectivity index (χ4n) is 2.50. The minimum Gasteiger partial charge on any atom is -0.436 e. The topological polar surface area (TPSA) is 126 Å². The van der Waals surface area contributed by atoms with Gasteiger partial charge in [-0.15, -0.1) is 5.06 Å². The molecule has 0 radical (unpaired) electrons. The lowest BCUT2D eigenvalue weighted by molar-refractivity contribution is -0.128. The molecule has 4 amide bonds. The zero-order valence-electron chi connectivity index (χ0n) is 20.7. The summed E-state index contributed by atoms with van der Waals surface area (Å²) in [6, 6.07) is 17.6. The lowest BCUT2D eigenvalue weighted by atomic mass is 10.3. The van der Waals surface area contributed by atoms with Crippen LogP contribution in [0.15, 0.2) is 60.7 Å². The smallest absolute Gasteiger partial charge is 0.432 e. The summed E-state index contributed by atoms with van der Waals surface area (Å²) in [7, 11) is 0. The van der Waals surface area contributed by atoms with Gasteiger partial charge in [0.15, 0.2) is 6.10 Å². The van der Waals surface area contributed by atoms with E-state index in [9.17, 15) is 19.2 Å². The van der Waals surface area contributed by atoms with Crippen molar-refractivity contribution >= 4 is 35.4 Å². The van der Waals surface area contributed by atoms with Gasteiger partial charge in [0.1, 0.15) is 0 Å². The first-order valence-electron chi connectivity index (χ1n) is 11.3. The van der Waals surface area contributed by atoms with Gasteiger partial charge in [0.25, 0.3) is 11.8 Å². The number of hydrogen-bond acceptors (Lipinski definition) is 6. The number of anilines is 2. The third kappa shape index (κ3) is 11.6. The molecular formula is C25H34N4O6. The van der Waals surface area contributed by atoms with Gasteiger partial charge in [-0.1, -0.05) is 43.3 Å². The van der Waals surface area contributed by atoms with E-state index in [0.29, 0.717) is 17.9 Å². The summed E-state index contributed by atoms with van der Waals surface area (Å²) >= 11 is 0. The number of nitrogens with zero attached hydrogens (tertiary/aromatic N) is 1. The average Bonchev–Trinajstić information content (AvgIpc) is 2.83. The Morgan fingerprint density at radius 2 is 1.43 bits per heavy atom. The summed E-state index contributed by atoms with van der Waals surface area (Å²) in [5.74, 6) is -0.587. The highest BCUT2D eigenvalue weighted by molar-refractivity contribution is 5.93. The van der Waals surface area contributed by atoms with Crippen molar-refractivity contribution in [1.29, 1.82) is 0 Å². The predicted molar refractivity (Wildman–Crippen MR) is 134 cm³/mol. The molecule has 0 saturated carbocycles. The molecule has 0 spiro atoms. The van der Waals surface area contributed by atoms with Gasteiger partial charge in [-0.25, -0.2) is 9.59 Å². The number of carbonyl (C=O) groups is 4. The van der Waals surface area contributed by atoms with Crippen LogP contribution in [0.5, 0.6) is 0 Å². The zero-order chi connectivity index (χ0) is 26.2. The van der Waals surface area contributed by atoms with Crippen molar-refractivity contribution in [2.24, 2.45) is 0 Å². The van der Waals surface area contributed by atoms with Crippen LogP contribution in [-0.4, -0.2) is 42.7 Å². The van der Waals surface area contributed by atoms with E-state index in [0.717, 1.165) is 5.06 Å². The van der Waals surface area contributed by atoms with Crippen LogP contribution in [0.3, 0.4) is 0 Å². The van der Waals surface area contributed by atoms with Crippen molar-refractivity contribution in [3.8, 4) is 0 Å². The molecule has 1 unspecified atom stereocenters. The van der Waals surface area contributed by atoms with Crippen LogP contribution in [0.25, 0.3) is 0 Å². The summed E-state index contributed by atoms with van der Waals surface area (Å²) in [5, 5.41) is 8.68. The van der Waals surface area contributed by atoms with E-state index in [1.807, 2.05) is 26.0 Å². The van der Waals surface area contributed by atoms with E-state index < -0.39 is 18.3 Å². The van der Waals surface area contributed by atoms with Gasteiger partial charge < -0.3 is 20.2 Å². The molecule has 2 rings (SSSR count). The Balaban J connectivity index is 0.000000351. The van der Waals surface area contributed by atoms with E-state index in [4.69, 9.17) is 9.57 Å². The summed E-state index contributed by atoms with van der Waals surface area (Å²) in [5.41, 5.74) is 1.16. The van der Waals surface area contributed by atoms with Crippen molar-refractivity contribution in [2.45, 2.75) is 53.2 Å². The maximum atomic E-state index is 11.8. The third-order valence-corrected chi connectivity index (χ3v) is 4.12. The Morgan fingerprint density at radius 1 is 0.857 bits per heavy atom. The number of para-hydroxylation sites is 2. The number of nitrogens with one attached hydrogen (secondary N) is 3. The standard InChI is InChI=1S/C13H18N2O3.C12H16N2O3/c1-4-12(16)15(11-8-6-5-7-9-11)18-13(17)14-10(2)3;1-3-13-11(15)9(2)17-12(16)14-10-7-5-4-6-8-10/h5-10H,4H2,1-3H3,(H,14,17);4-9H,3H2,1-2H3,(H,13,15)(H,14,16). The first-order valence-corrected chi connectivity index (χ1v) is 11.3. The molecule has 0 aliphatic rings. The molecule has 10 nitrogen and oxygen atoms in total. The normalized spacial score (nSPS) is 10.7. The molecular weight excluding hydrogens is 452 g/mol. The quantitative estimate of drug-likeness (QED) is 0.503. The van der Waals surface area contributed by atoms with Gasteiger partial charge in [-0.2, -0.15) is 0 Å². The van der Waals surface area contributed by atoms with Crippen LogP contribution < -0.4 is 21.0 Å². The fraction of sp³-hybridized carbons (Fsp3) is 0.360. The molecule has 10 heteroatoms. The molecule has 0 aromatic heterocycles. The molecule has 190 valence electrons. The van der Waals surface area contributed by atoms with Gasteiger partial charge >= 0.3 is 12.2 Å². The summed E-state index contributed by atoms with van der Waals surface area (Å²) in [6.45, 7) is 9.17. The molecule has 3 N–H and O–H groups in total. The maximum absolute atomic E-state index is 11.8. The van der Waals surface area contributed by atoms with Crippen LogP contribution >= 0.6 is 0 Å². The van der Waals surface area contributed by atoms with Crippen LogP contribution in [-0.2, 0) is 19.2 Å². The number of hydrogen-bond donors (Lipinski definition) is 3. The molecule has 2 aromatic rings. The summed E-state index contributed by atoms with van der Waals surface area (Å²) in [4.78, 5) is 51.1. The number of benzene rings is 2. The number of rotatable bonds is 7. The van der Waals surface area contributed by atoms with Crippen LogP contribution in [0.4, 0.5) is 21.0 Å². The van der Waals surface area contributed by atoms with Crippen LogP contribution in [0.2, 0.25) is 0 Å². The van der Waals surface area contributed by atoms with Gasteiger partial charge in [-0.3, -0.25) is 14.9 Å². The van der Waals surface area contributed by atoms with Crippen molar-refractivity contribution in [1.82, 2.24) is 10.6 Å². The summed E-state index contributed by atoms with van der Waals surface area (Å²) in [6.07, 6.45) is -1.84. The zero-order valence-corrected chi connectivity index (χ0v) is 20.7. The molecule has 2 aromatic carbocycles. The van der Waals surface area contributed by atoms with E-state index in [1.165, 1.54) is 6.92 Å². The van der Waals surface area contributed by atoms with Crippen molar-refractivity contribution in [3.63, 3.8) is 0 Å². The molecule has 0 aliphatic heterocycles. The van der Waals surface area contributed by atoms with E-state index >= 15 is 0 Å². The second-order valence-electron chi connectivity index (χ2n) is 7.49. The molecule has 0 heterocycles. The number of amides is 4. The molecule has 0 fully saturated rings. The Hall–Kier alpha value is -4.08. The largest absolute Gasteiger partial charge is 0.436 e. The van der Waals surface area contributed by atoms with Gasteiger partial charge in [0.2, 0.25) is 0 Å². The average molecular weight is 487 g/mol. The van der Waals surface area contributed by atoms with Crippen molar-refractivity contribution in [2.75, 3.05) is 16.9 Å². The van der Waals surface area contributed by atoms with Gasteiger partial charge in [-0.05, 0) is 52.0 Å². The van der Waals surface area contributed by atoms with Crippen molar-refractivity contribution in [3.05, 3.63) is 60.7 Å². The van der Waals surface area contributed by atoms with Crippen molar-refractivity contribution < 1.29 is 28.8 Å². The Labute approximate surface area is 205 Å². The van der Waals surface area contributed by atoms with Crippen LogP contribution in [0, 0.1) is 0 Å². The minimum absolute atomic E-state index is 0.0492. The lowest BCUT2D eigenvalue weighted by Gasteiger charge is -2.21. The molecule has 0 bridgehead atoms. The Kier molecular flexibility index (Phi) is 13.0. The van der Waals surface area contributed by atoms with E-state index in [1.54, 1.807) is 62.4 Å². The second kappa shape index (κ2) is 15.7. The highest BCUT2D eigenvalue weighted by Crippen LogP contribution is 2.15. The lowest BCUT2D eigenvalue weighted by Crippen LogP contribution is -2.39. The SMILES string of the molecule is CCC(=O)N(OC(=O)NC(C)C)c1ccccc1.CCNC(=O)C(C)OC(=O)Nc1ccccc1. The number of likely N-dealkylation sites (N-methyl/N-ethyl adjacent to an activating group) is 1. The Bertz CT molecular complexity index is 937. The maximum Gasteiger partial charge on any atom is 0.432 e. The third-order valence-electron chi connectivity index (χ3n) is 4.12. The summed E-state index contributed by atoms with van der Waals surface area (Å²) < 4.78 is 4.91. The van der Waals surface area contributed by atoms with Crippen LogP contribution in [0.1, 0.15) is 41.0 Å². The number of ether oxygens (including phenoxy) is 1. The highest BCUT2D eigenvalue weighted by Gasteiger charge is 2.19. The number of carbonyl (C=O) groups excluding carboxylic acids is 4. The second-order valence-corrected chi connectivity index (χ2v) is 7.49. The first-order chi connectivity index (χ1) is 16.7. The minimum atomic E-state index is -0.807. The molecule has 0 aliphatic carbocycles. The van der Waals surface area contributed by atoms with Gasteiger partial charge in [0, 0.05) is 24.7 Å².